The maximum Gasteiger partial charge on any atom is 0.222 e. The van der Waals surface area contributed by atoms with Crippen LogP contribution in [0, 0.1) is 11.8 Å². The number of hydrogen-bond donors (Lipinski definition) is 1. The van der Waals surface area contributed by atoms with Crippen molar-refractivity contribution in [3.63, 3.8) is 0 Å². The van der Waals surface area contributed by atoms with Crippen molar-refractivity contribution in [1.29, 1.82) is 0 Å². The van der Waals surface area contributed by atoms with Crippen LogP contribution < -0.4 is 5.32 Å². The molecule has 0 aliphatic heterocycles. The quantitative estimate of drug-likeness (QED) is 0.740. The van der Waals surface area contributed by atoms with Crippen molar-refractivity contribution < 1.29 is 4.79 Å². The van der Waals surface area contributed by atoms with E-state index in [-0.39, 0.29) is 11.8 Å². The Hall–Kier alpha value is -0.530. The molecule has 1 aliphatic carbocycles. The molecule has 82 valence electrons. The molecule has 0 aromatic carbocycles. The zero-order chi connectivity index (χ0) is 10.6. The van der Waals surface area contributed by atoms with Crippen LogP contribution in [0.25, 0.3) is 0 Å². The first kappa shape index (κ1) is 11.5. The maximum absolute atomic E-state index is 11.5. The molecule has 0 spiro atoms. The van der Waals surface area contributed by atoms with Crippen molar-refractivity contribution in [3.05, 3.63) is 0 Å². The second kappa shape index (κ2) is 5.38. The van der Waals surface area contributed by atoms with E-state index < -0.39 is 0 Å². The predicted octanol–water partition coefficient (Wildman–Crippen LogP) is 2.73. The molecule has 0 bridgehead atoms. The van der Waals surface area contributed by atoms with E-state index in [1.807, 2.05) is 13.8 Å². The monoisotopic (exact) mass is 197 g/mol. The van der Waals surface area contributed by atoms with Gasteiger partial charge in [-0.05, 0) is 25.7 Å². The van der Waals surface area contributed by atoms with Crippen molar-refractivity contribution >= 4 is 5.91 Å². The van der Waals surface area contributed by atoms with Crippen LogP contribution in [0.15, 0.2) is 0 Å². The van der Waals surface area contributed by atoms with E-state index in [4.69, 9.17) is 0 Å². The Labute approximate surface area is 87.5 Å². The summed E-state index contributed by atoms with van der Waals surface area (Å²) in [5.41, 5.74) is 0. The van der Waals surface area contributed by atoms with Gasteiger partial charge in [-0.15, -0.1) is 0 Å². The molecule has 14 heavy (non-hydrogen) atoms. The first-order valence-electron chi connectivity index (χ1n) is 5.91. The van der Waals surface area contributed by atoms with Crippen LogP contribution in [-0.2, 0) is 4.79 Å². The van der Waals surface area contributed by atoms with Gasteiger partial charge in [-0.2, -0.15) is 0 Å². The molecule has 0 aromatic rings. The van der Waals surface area contributed by atoms with Crippen LogP contribution in [0.3, 0.4) is 0 Å². The Kier molecular flexibility index (Phi) is 4.43. The van der Waals surface area contributed by atoms with Crippen molar-refractivity contribution in [2.45, 2.75) is 58.9 Å². The van der Waals surface area contributed by atoms with Crippen LogP contribution in [0.5, 0.6) is 0 Å². The molecule has 0 heterocycles. The third kappa shape index (κ3) is 3.32. The first-order chi connectivity index (χ1) is 6.61. The van der Waals surface area contributed by atoms with Gasteiger partial charge in [0, 0.05) is 12.0 Å². The lowest BCUT2D eigenvalue weighted by atomic mass is 9.84. The van der Waals surface area contributed by atoms with E-state index in [1.165, 1.54) is 32.1 Å². The minimum Gasteiger partial charge on any atom is -0.353 e. The molecular formula is C12H23NO. The molecule has 1 atom stereocenters. The number of carbonyl (C=O) groups is 1. The summed E-state index contributed by atoms with van der Waals surface area (Å²) in [6, 6.07) is 0.366. The van der Waals surface area contributed by atoms with Gasteiger partial charge < -0.3 is 5.32 Å². The Morgan fingerprint density at radius 3 is 2.21 bits per heavy atom. The van der Waals surface area contributed by atoms with Crippen molar-refractivity contribution in [3.8, 4) is 0 Å². The molecule has 1 amide bonds. The average molecular weight is 197 g/mol. The van der Waals surface area contributed by atoms with Crippen molar-refractivity contribution in [1.82, 2.24) is 5.32 Å². The average Bonchev–Trinajstić information content (AvgIpc) is 2.19. The lowest BCUT2D eigenvalue weighted by Gasteiger charge is -2.28. The largest absolute Gasteiger partial charge is 0.353 e. The fourth-order valence-corrected chi connectivity index (χ4v) is 2.14. The summed E-state index contributed by atoms with van der Waals surface area (Å²) in [5.74, 6) is 1.02. The molecule has 0 saturated heterocycles. The molecule has 2 heteroatoms. The van der Waals surface area contributed by atoms with Crippen LogP contribution >= 0.6 is 0 Å². The highest BCUT2D eigenvalue weighted by Crippen LogP contribution is 2.26. The fraction of sp³-hybridized carbons (Fsp3) is 0.917. The molecule has 1 N–H and O–H groups in total. The minimum absolute atomic E-state index is 0.112. The highest BCUT2D eigenvalue weighted by molar-refractivity contribution is 5.78. The predicted molar refractivity (Wildman–Crippen MR) is 59.0 cm³/mol. The number of amides is 1. The lowest BCUT2D eigenvalue weighted by molar-refractivity contribution is -0.125. The third-order valence-electron chi connectivity index (χ3n) is 3.25. The SMILES string of the molecule is CC(C)C(=O)NC(C)C1CCCCC1. The minimum atomic E-state index is 0.112. The van der Waals surface area contributed by atoms with Gasteiger partial charge in [-0.25, -0.2) is 0 Å². The summed E-state index contributed by atoms with van der Waals surface area (Å²) in [7, 11) is 0. The highest BCUT2D eigenvalue weighted by Gasteiger charge is 2.21. The summed E-state index contributed by atoms with van der Waals surface area (Å²) in [6.07, 6.45) is 6.64. The summed E-state index contributed by atoms with van der Waals surface area (Å²) in [5, 5.41) is 3.11. The van der Waals surface area contributed by atoms with Gasteiger partial charge in [0.05, 0.1) is 0 Å². The van der Waals surface area contributed by atoms with E-state index in [0.717, 1.165) is 0 Å². The molecule has 0 aromatic heterocycles. The molecule has 1 unspecified atom stereocenters. The molecule has 1 fully saturated rings. The standard InChI is InChI=1S/C12H23NO/c1-9(2)12(14)13-10(3)11-7-5-4-6-8-11/h9-11H,4-8H2,1-3H3,(H,13,14). The van der Waals surface area contributed by atoms with Crippen molar-refractivity contribution in [2.75, 3.05) is 0 Å². The van der Waals surface area contributed by atoms with Gasteiger partial charge in [0.25, 0.3) is 0 Å². The normalized spacial score (nSPS) is 20.9. The summed E-state index contributed by atoms with van der Waals surface area (Å²) in [4.78, 5) is 11.5. The Bertz CT molecular complexity index is 183. The van der Waals surface area contributed by atoms with E-state index >= 15 is 0 Å². The summed E-state index contributed by atoms with van der Waals surface area (Å²) < 4.78 is 0. The maximum atomic E-state index is 11.5. The topological polar surface area (TPSA) is 29.1 Å². The Balaban J connectivity index is 2.32. The number of rotatable bonds is 3. The third-order valence-corrected chi connectivity index (χ3v) is 3.25. The highest BCUT2D eigenvalue weighted by atomic mass is 16.1. The molecule has 0 radical (unpaired) electrons. The van der Waals surface area contributed by atoms with Gasteiger partial charge >= 0.3 is 0 Å². The zero-order valence-electron chi connectivity index (χ0n) is 9.68. The molecule has 1 rings (SSSR count). The number of carbonyl (C=O) groups excluding carboxylic acids is 1. The second-order valence-electron chi connectivity index (χ2n) is 4.85. The van der Waals surface area contributed by atoms with E-state index in [1.54, 1.807) is 0 Å². The molecule has 2 nitrogen and oxygen atoms in total. The molecule has 1 saturated carbocycles. The number of nitrogens with one attached hydrogen (secondary N) is 1. The molecular weight excluding hydrogens is 174 g/mol. The second-order valence-corrected chi connectivity index (χ2v) is 4.85. The Morgan fingerprint density at radius 2 is 1.71 bits per heavy atom. The zero-order valence-corrected chi connectivity index (χ0v) is 9.68. The van der Waals surface area contributed by atoms with Crippen LogP contribution in [-0.4, -0.2) is 11.9 Å². The van der Waals surface area contributed by atoms with Crippen LogP contribution in [0.1, 0.15) is 52.9 Å². The molecule has 1 aliphatic rings. The van der Waals surface area contributed by atoms with E-state index in [9.17, 15) is 4.79 Å². The van der Waals surface area contributed by atoms with Crippen molar-refractivity contribution in [2.24, 2.45) is 11.8 Å². The van der Waals surface area contributed by atoms with Gasteiger partial charge in [-0.1, -0.05) is 33.1 Å². The van der Waals surface area contributed by atoms with E-state index in [2.05, 4.69) is 12.2 Å². The Morgan fingerprint density at radius 1 is 1.14 bits per heavy atom. The van der Waals surface area contributed by atoms with Crippen LogP contribution in [0.2, 0.25) is 0 Å². The van der Waals surface area contributed by atoms with Crippen LogP contribution in [0.4, 0.5) is 0 Å². The summed E-state index contributed by atoms with van der Waals surface area (Å²) in [6.45, 7) is 6.04. The van der Waals surface area contributed by atoms with Gasteiger partial charge in [0.1, 0.15) is 0 Å². The van der Waals surface area contributed by atoms with Gasteiger partial charge in [0.15, 0.2) is 0 Å². The lowest BCUT2D eigenvalue weighted by Crippen LogP contribution is -2.40. The van der Waals surface area contributed by atoms with E-state index in [0.29, 0.717) is 12.0 Å². The number of hydrogen-bond acceptors (Lipinski definition) is 1. The smallest absolute Gasteiger partial charge is 0.222 e. The van der Waals surface area contributed by atoms with Gasteiger partial charge in [-0.3, -0.25) is 4.79 Å². The van der Waals surface area contributed by atoms with Gasteiger partial charge in [0.2, 0.25) is 5.91 Å². The first-order valence-corrected chi connectivity index (χ1v) is 5.91. The fourth-order valence-electron chi connectivity index (χ4n) is 2.14. The summed E-state index contributed by atoms with van der Waals surface area (Å²) >= 11 is 0.